The van der Waals surface area contributed by atoms with Crippen molar-refractivity contribution in [3.63, 3.8) is 0 Å². The van der Waals surface area contributed by atoms with E-state index in [0.717, 1.165) is 19.5 Å². The van der Waals surface area contributed by atoms with Crippen molar-refractivity contribution in [2.75, 3.05) is 53.0 Å². The van der Waals surface area contributed by atoms with Gasteiger partial charge in [0.25, 0.3) is 5.91 Å². The molecule has 0 spiro atoms. The molecule has 0 unspecified atom stereocenters. The molecule has 1 aromatic rings. The lowest BCUT2D eigenvalue weighted by molar-refractivity contribution is 0.0730. The second kappa shape index (κ2) is 9.35. The maximum atomic E-state index is 13.0. The molecular weight excluding hydrogens is 378 g/mol. The molecule has 1 N–H and O–H groups in total. The Kier molecular flexibility index (Phi) is 7.09. The SMILES string of the molecule is Cc1ccc(C(=O)NCCC2CCN(C)CC2)cc1S(=O)(=O)N1CCOCC1. The number of nitrogens with one attached hydrogen (secondary N) is 1. The lowest BCUT2D eigenvalue weighted by Gasteiger charge is -2.28. The Morgan fingerprint density at radius 2 is 1.86 bits per heavy atom. The predicted octanol–water partition coefficient (Wildman–Crippen LogP) is 1.48. The molecule has 2 fully saturated rings. The van der Waals surface area contributed by atoms with E-state index in [2.05, 4.69) is 17.3 Å². The van der Waals surface area contributed by atoms with Crippen LogP contribution in [0.1, 0.15) is 35.2 Å². The summed E-state index contributed by atoms with van der Waals surface area (Å²) >= 11 is 0. The highest BCUT2D eigenvalue weighted by molar-refractivity contribution is 7.89. The van der Waals surface area contributed by atoms with Gasteiger partial charge in [0.2, 0.25) is 10.0 Å². The molecule has 2 aliphatic rings. The third kappa shape index (κ3) is 5.11. The van der Waals surface area contributed by atoms with Gasteiger partial charge in [-0.1, -0.05) is 6.07 Å². The van der Waals surface area contributed by atoms with E-state index in [0.29, 0.717) is 49.9 Å². The van der Waals surface area contributed by atoms with Crippen LogP contribution in [0.5, 0.6) is 0 Å². The first kappa shape index (κ1) is 21.2. The van der Waals surface area contributed by atoms with Gasteiger partial charge in [-0.3, -0.25) is 4.79 Å². The van der Waals surface area contributed by atoms with Gasteiger partial charge in [0.1, 0.15) is 0 Å². The number of carbonyl (C=O) groups is 1. The summed E-state index contributed by atoms with van der Waals surface area (Å²) in [5.41, 5.74) is 1.04. The number of carbonyl (C=O) groups excluding carboxylic acids is 1. The van der Waals surface area contributed by atoms with Crippen LogP contribution in [0.2, 0.25) is 0 Å². The molecule has 1 amide bonds. The molecule has 0 saturated carbocycles. The van der Waals surface area contributed by atoms with Crippen molar-refractivity contribution in [2.24, 2.45) is 5.92 Å². The molecule has 0 atom stereocenters. The number of aryl methyl sites for hydroxylation is 1. The first-order chi connectivity index (χ1) is 13.4. The summed E-state index contributed by atoms with van der Waals surface area (Å²) in [7, 11) is -1.49. The minimum absolute atomic E-state index is 0.206. The first-order valence-corrected chi connectivity index (χ1v) is 11.5. The minimum Gasteiger partial charge on any atom is -0.379 e. The van der Waals surface area contributed by atoms with Gasteiger partial charge in [0, 0.05) is 25.2 Å². The predicted molar refractivity (Wildman–Crippen MR) is 108 cm³/mol. The Labute approximate surface area is 168 Å². The second-order valence-corrected chi connectivity index (χ2v) is 9.69. The van der Waals surface area contributed by atoms with Crippen molar-refractivity contribution in [3.8, 4) is 0 Å². The average Bonchev–Trinajstić information content (AvgIpc) is 2.70. The summed E-state index contributed by atoms with van der Waals surface area (Å²) in [6, 6.07) is 4.91. The van der Waals surface area contributed by atoms with Crippen LogP contribution in [0.4, 0.5) is 0 Å². The normalized spacial score (nSPS) is 20.2. The molecule has 2 saturated heterocycles. The number of benzene rings is 1. The number of sulfonamides is 1. The second-order valence-electron chi connectivity index (χ2n) is 7.79. The van der Waals surface area contributed by atoms with E-state index < -0.39 is 10.0 Å². The summed E-state index contributed by atoms with van der Waals surface area (Å²) in [5, 5.41) is 2.95. The van der Waals surface area contributed by atoms with Gasteiger partial charge in [0.15, 0.2) is 0 Å². The van der Waals surface area contributed by atoms with E-state index in [1.165, 1.54) is 23.2 Å². The van der Waals surface area contributed by atoms with Crippen molar-refractivity contribution in [1.82, 2.24) is 14.5 Å². The fraction of sp³-hybridized carbons (Fsp3) is 0.650. The largest absolute Gasteiger partial charge is 0.379 e. The molecule has 2 heterocycles. The fourth-order valence-electron chi connectivity index (χ4n) is 3.79. The molecule has 0 aliphatic carbocycles. The lowest BCUT2D eigenvalue weighted by Crippen LogP contribution is -2.41. The zero-order valence-corrected chi connectivity index (χ0v) is 17.6. The van der Waals surface area contributed by atoms with E-state index in [-0.39, 0.29) is 10.8 Å². The summed E-state index contributed by atoms with van der Waals surface area (Å²) in [6.07, 6.45) is 3.29. The highest BCUT2D eigenvalue weighted by atomic mass is 32.2. The Balaban J connectivity index is 1.62. The molecule has 0 radical (unpaired) electrons. The van der Waals surface area contributed by atoms with Crippen LogP contribution in [-0.4, -0.2) is 76.5 Å². The summed E-state index contributed by atoms with van der Waals surface area (Å²) in [4.78, 5) is 15.1. The average molecular weight is 410 g/mol. The third-order valence-corrected chi connectivity index (χ3v) is 7.76. The van der Waals surface area contributed by atoms with Crippen molar-refractivity contribution in [2.45, 2.75) is 31.1 Å². The van der Waals surface area contributed by atoms with Crippen LogP contribution in [0.3, 0.4) is 0 Å². The number of likely N-dealkylation sites (tertiary alicyclic amines) is 1. The van der Waals surface area contributed by atoms with Gasteiger partial charge in [-0.15, -0.1) is 0 Å². The number of nitrogens with zero attached hydrogens (tertiary/aromatic N) is 2. The summed E-state index contributed by atoms with van der Waals surface area (Å²) < 4.78 is 32.6. The van der Waals surface area contributed by atoms with Gasteiger partial charge < -0.3 is 15.0 Å². The standard InChI is InChI=1S/C20H31N3O4S/c1-16-3-4-18(15-19(16)28(25,26)23-11-13-27-14-12-23)20(24)21-8-5-17-6-9-22(2)10-7-17/h3-4,15,17H,5-14H2,1-2H3,(H,21,24). The van der Waals surface area contributed by atoms with Gasteiger partial charge in [-0.2, -0.15) is 4.31 Å². The molecule has 0 bridgehead atoms. The van der Waals surface area contributed by atoms with E-state index >= 15 is 0 Å². The van der Waals surface area contributed by atoms with Crippen LogP contribution in [0, 0.1) is 12.8 Å². The smallest absolute Gasteiger partial charge is 0.251 e. The van der Waals surface area contributed by atoms with E-state index in [4.69, 9.17) is 4.74 Å². The number of hydrogen-bond acceptors (Lipinski definition) is 5. The van der Waals surface area contributed by atoms with Crippen LogP contribution in [-0.2, 0) is 14.8 Å². The number of morpholine rings is 1. The molecule has 7 nitrogen and oxygen atoms in total. The van der Waals surface area contributed by atoms with Crippen LogP contribution < -0.4 is 5.32 Å². The van der Waals surface area contributed by atoms with Crippen molar-refractivity contribution < 1.29 is 17.9 Å². The Bertz CT molecular complexity index is 783. The Morgan fingerprint density at radius 3 is 2.54 bits per heavy atom. The third-order valence-electron chi connectivity index (χ3n) is 5.71. The topological polar surface area (TPSA) is 79.0 Å². The first-order valence-electron chi connectivity index (χ1n) is 10.0. The Hall–Kier alpha value is -1.48. The maximum absolute atomic E-state index is 13.0. The van der Waals surface area contributed by atoms with Crippen molar-refractivity contribution >= 4 is 15.9 Å². The van der Waals surface area contributed by atoms with Crippen LogP contribution in [0.15, 0.2) is 23.1 Å². The number of rotatable bonds is 6. The zero-order chi connectivity index (χ0) is 20.1. The minimum atomic E-state index is -3.62. The van der Waals surface area contributed by atoms with Gasteiger partial charge >= 0.3 is 0 Å². The zero-order valence-electron chi connectivity index (χ0n) is 16.8. The highest BCUT2D eigenvalue weighted by Crippen LogP contribution is 2.23. The Morgan fingerprint density at radius 1 is 1.18 bits per heavy atom. The molecule has 0 aromatic heterocycles. The number of amides is 1. The van der Waals surface area contributed by atoms with E-state index in [9.17, 15) is 13.2 Å². The monoisotopic (exact) mass is 409 g/mol. The summed E-state index contributed by atoms with van der Waals surface area (Å²) in [6.45, 7) is 6.08. The number of hydrogen-bond donors (Lipinski definition) is 1. The van der Waals surface area contributed by atoms with Crippen molar-refractivity contribution in [1.29, 1.82) is 0 Å². The van der Waals surface area contributed by atoms with Gasteiger partial charge in [-0.25, -0.2) is 8.42 Å². The van der Waals surface area contributed by atoms with Gasteiger partial charge in [-0.05, 0) is 69.9 Å². The van der Waals surface area contributed by atoms with Crippen LogP contribution >= 0.6 is 0 Å². The van der Waals surface area contributed by atoms with Gasteiger partial charge in [0.05, 0.1) is 18.1 Å². The van der Waals surface area contributed by atoms with E-state index in [1.807, 2.05) is 0 Å². The molecule has 8 heteroatoms. The molecule has 2 aliphatic heterocycles. The fourth-order valence-corrected chi connectivity index (χ4v) is 5.45. The van der Waals surface area contributed by atoms with Crippen molar-refractivity contribution in [3.05, 3.63) is 29.3 Å². The lowest BCUT2D eigenvalue weighted by atomic mass is 9.94. The molecule has 1 aromatic carbocycles. The number of piperidine rings is 1. The number of ether oxygens (including phenoxy) is 1. The highest BCUT2D eigenvalue weighted by Gasteiger charge is 2.28. The molecule has 156 valence electrons. The quantitative estimate of drug-likeness (QED) is 0.770. The summed E-state index contributed by atoms with van der Waals surface area (Å²) in [5.74, 6) is 0.429. The van der Waals surface area contributed by atoms with E-state index in [1.54, 1.807) is 19.1 Å². The molecule has 3 rings (SSSR count). The molecule has 28 heavy (non-hydrogen) atoms. The molecular formula is C20H31N3O4S. The van der Waals surface area contributed by atoms with Crippen LogP contribution in [0.25, 0.3) is 0 Å². The maximum Gasteiger partial charge on any atom is 0.251 e.